The lowest BCUT2D eigenvalue weighted by molar-refractivity contribution is -0.146. The van der Waals surface area contributed by atoms with E-state index in [2.05, 4.69) is 10.6 Å². The van der Waals surface area contributed by atoms with E-state index >= 15 is 0 Å². The molecular weight excluding hydrogens is 454 g/mol. The number of rotatable bonds is 8. The highest BCUT2D eigenvalue weighted by Crippen LogP contribution is 2.27. The van der Waals surface area contributed by atoms with Gasteiger partial charge in [-0.2, -0.15) is 4.31 Å². The molecule has 0 radical (unpaired) electrons. The largest absolute Gasteiger partial charge is 0.455 e. The summed E-state index contributed by atoms with van der Waals surface area (Å²) in [5.74, 6) is -1.33. The van der Waals surface area contributed by atoms with Crippen molar-refractivity contribution in [2.75, 3.05) is 30.3 Å². The van der Waals surface area contributed by atoms with Crippen molar-refractivity contribution in [3.05, 3.63) is 41.3 Å². The van der Waals surface area contributed by atoms with Crippen LogP contribution in [0.3, 0.4) is 0 Å². The van der Waals surface area contributed by atoms with Gasteiger partial charge >= 0.3 is 5.97 Å². The molecule has 0 unspecified atom stereocenters. The van der Waals surface area contributed by atoms with Crippen molar-refractivity contribution in [3.63, 3.8) is 0 Å². The molecule has 3 rings (SSSR count). The normalized spacial score (nSPS) is 14.5. The second-order valence-corrected chi connectivity index (χ2v) is 10.7. The number of sulfonamides is 1. The maximum absolute atomic E-state index is 12.7. The van der Waals surface area contributed by atoms with Crippen molar-refractivity contribution in [1.82, 2.24) is 4.31 Å². The first-order valence-corrected chi connectivity index (χ1v) is 12.4. The van der Waals surface area contributed by atoms with Gasteiger partial charge in [0.1, 0.15) is 4.21 Å². The molecule has 11 heteroatoms. The summed E-state index contributed by atoms with van der Waals surface area (Å²) >= 11 is 1.04. The Bertz CT molecular complexity index is 1070. The van der Waals surface area contributed by atoms with Crippen LogP contribution in [-0.2, 0) is 35.6 Å². The van der Waals surface area contributed by atoms with E-state index in [4.69, 9.17) is 4.74 Å². The summed E-state index contributed by atoms with van der Waals surface area (Å²) in [5.41, 5.74) is 1.09. The molecule has 0 aliphatic carbocycles. The Morgan fingerprint density at radius 2 is 1.59 bits per heavy atom. The number of ether oxygens (including phenoxy) is 1. The molecule has 2 aromatic rings. The number of anilines is 2. The molecule has 1 aromatic heterocycles. The summed E-state index contributed by atoms with van der Waals surface area (Å²) in [6, 6.07) is 9.60. The molecule has 2 heterocycles. The summed E-state index contributed by atoms with van der Waals surface area (Å²) in [4.78, 5) is 35.7. The quantitative estimate of drug-likeness (QED) is 0.561. The molecule has 2 amide bonds. The van der Waals surface area contributed by atoms with Crippen molar-refractivity contribution in [3.8, 4) is 0 Å². The summed E-state index contributed by atoms with van der Waals surface area (Å²) in [6.07, 6.45) is 2.62. The summed E-state index contributed by atoms with van der Waals surface area (Å²) in [7, 11) is -3.53. The molecule has 0 spiro atoms. The molecule has 1 aromatic carbocycles. The van der Waals surface area contributed by atoms with Crippen LogP contribution in [0.25, 0.3) is 0 Å². The number of nitrogens with one attached hydrogen (secondary N) is 2. The number of esters is 1. The van der Waals surface area contributed by atoms with Gasteiger partial charge in [0.25, 0.3) is 15.9 Å². The fourth-order valence-corrected chi connectivity index (χ4v) is 6.21. The molecule has 1 fully saturated rings. The first-order chi connectivity index (χ1) is 15.2. The van der Waals surface area contributed by atoms with Gasteiger partial charge in [-0.15, -0.1) is 11.3 Å². The summed E-state index contributed by atoms with van der Waals surface area (Å²) < 4.78 is 32.1. The van der Waals surface area contributed by atoms with Gasteiger partial charge in [0, 0.05) is 36.3 Å². The van der Waals surface area contributed by atoms with Crippen LogP contribution in [0.2, 0.25) is 0 Å². The lowest BCUT2D eigenvalue weighted by Gasteiger charge is -2.25. The minimum absolute atomic E-state index is 0.112. The van der Waals surface area contributed by atoms with Crippen LogP contribution in [0.5, 0.6) is 0 Å². The predicted octanol–water partition coefficient (Wildman–Crippen LogP) is 2.61. The number of nitrogens with zero attached hydrogens (tertiary/aromatic N) is 1. The van der Waals surface area contributed by atoms with Crippen LogP contribution in [0.4, 0.5) is 11.4 Å². The molecule has 0 atom stereocenters. The lowest BCUT2D eigenvalue weighted by atomic mass is 10.2. The average Bonchev–Trinajstić information content (AvgIpc) is 3.23. The topological polar surface area (TPSA) is 122 Å². The first kappa shape index (κ1) is 23.9. The van der Waals surface area contributed by atoms with Crippen molar-refractivity contribution >= 4 is 50.5 Å². The number of thiophene rings is 1. The minimum Gasteiger partial charge on any atom is -0.455 e. The molecule has 0 bridgehead atoms. The SMILES string of the molecule is CC(=O)Nc1ccc(NC(=O)COC(=O)Cc2ccc(S(=O)(=O)N3CCCCC3)s2)cc1. The van der Waals surface area contributed by atoms with Crippen LogP contribution in [-0.4, -0.2) is 50.2 Å². The second-order valence-electron chi connectivity index (χ2n) is 7.33. The maximum Gasteiger partial charge on any atom is 0.311 e. The molecule has 1 aliphatic rings. The molecule has 32 heavy (non-hydrogen) atoms. The number of hydrogen-bond acceptors (Lipinski definition) is 7. The Balaban J connectivity index is 1.46. The third-order valence-electron chi connectivity index (χ3n) is 4.72. The summed E-state index contributed by atoms with van der Waals surface area (Å²) in [5, 5.41) is 5.21. The van der Waals surface area contributed by atoms with E-state index in [1.807, 2.05) is 0 Å². The van der Waals surface area contributed by atoms with Crippen LogP contribution < -0.4 is 10.6 Å². The number of hydrogen-bond donors (Lipinski definition) is 2. The van der Waals surface area contributed by atoms with Crippen LogP contribution >= 0.6 is 11.3 Å². The monoisotopic (exact) mass is 479 g/mol. The van der Waals surface area contributed by atoms with Crippen molar-refractivity contribution in [2.45, 2.75) is 36.8 Å². The molecule has 172 valence electrons. The fraction of sp³-hybridized carbons (Fsp3) is 0.381. The Morgan fingerprint density at radius 3 is 2.22 bits per heavy atom. The van der Waals surface area contributed by atoms with E-state index in [0.717, 1.165) is 30.6 Å². The molecule has 9 nitrogen and oxygen atoms in total. The molecule has 2 N–H and O–H groups in total. The van der Waals surface area contributed by atoms with Gasteiger partial charge in [-0.3, -0.25) is 14.4 Å². The molecule has 1 saturated heterocycles. The second kappa shape index (κ2) is 10.7. The van der Waals surface area contributed by atoms with Gasteiger partial charge in [-0.05, 0) is 49.2 Å². The van der Waals surface area contributed by atoms with Gasteiger partial charge in [0.15, 0.2) is 6.61 Å². The minimum atomic E-state index is -3.53. The average molecular weight is 480 g/mol. The van der Waals surface area contributed by atoms with E-state index in [0.29, 0.717) is 29.3 Å². The van der Waals surface area contributed by atoms with E-state index in [-0.39, 0.29) is 16.5 Å². The lowest BCUT2D eigenvalue weighted by Crippen LogP contribution is -2.35. The van der Waals surface area contributed by atoms with Gasteiger partial charge in [0.05, 0.1) is 6.42 Å². The van der Waals surface area contributed by atoms with Gasteiger partial charge in [-0.25, -0.2) is 8.42 Å². The summed E-state index contributed by atoms with van der Waals surface area (Å²) in [6.45, 7) is 1.97. The molecular formula is C21H25N3O6S2. The Hall–Kier alpha value is -2.76. The number of amides is 2. The number of piperidine rings is 1. The third-order valence-corrected chi connectivity index (χ3v) is 8.17. The maximum atomic E-state index is 12.7. The molecule has 0 saturated carbocycles. The number of carbonyl (C=O) groups is 3. The van der Waals surface area contributed by atoms with Crippen LogP contribution in [0.1, 0.15) is 31.1 Å². The van der Waals surface area contributed by atoms with E-state index < -0.39 is 28.5 Å². The van der Waals surface area contributed by atoms with Crippen molar-refractivity contribution in [2.24, 2.45) is 0 Å². The van der Waals surface area contributed by atoms with Gasteiger partial charge in [0.2, 0.25) is 5.91 Å². The Labute approximate surface area is 190 Å². The fourth-order valence-electron chi connectivity index (χ4n) is 3.20. The Morgan fingerprint density at radius 1 is 0.969 bits per heavy atom. The van der Waals surface area contributed by atoms with Crippen molar-refractivity contribution in [1.29, 1.82) is 0 Å². The highest BCUT2D eigenvalue weighted by molar-refractivity contribution is 7.91. The highest BCUT2D eigenvalue weighted by Gasteiger charge is 2.27. The number of carbonyl (C=O) groups excluding carboxylic acids is 3. The highest BCUT2D eigenvalue weighted by atomic mass is 32.2. The van der Waals surface area contributed by atoms with Crippen molar-refractivity contribution < 1.29 is 27.5 Å². The first-order valence-electron chi connectivity index (χ1n) is 10.2. The zero-order valence-electron chi connectivity index (χ0n) is 17.6. The van der Waals surface area contributed by atoms with E-state index in [1.54, 1.807) is 30.3 Å². The zero-order valence-corrected chi connectivity index (χ0v) is 19.3. The Kier molecular flexibility index (Phi) is 7.99. The van der Waals surface area contributed by atoms with Crippen LogP contribution in [0.15, 0.2) is 40.6 Å². The van der Waals surface area contributed by atoms with Gasteiger partial charge in [-0.1, -0.05) is 6.42 Å². The molecule has 1 aliphatic heterocycles. The standard InChI is InChI=1S/C21H25N3O6S2/c1-15(25)22-16-5-7-17(8-6-16)23-19(26)14-30-20(27)13-18-9-10-21(31-18)32(28,29)24-11-3-2-4-12-24/h5-10H,2-4,11-14H2,1H3,(H,22,25)(H,23,26). The smallest absolute Gasteiger partial charge is 0.311 e. The van der Waals surface area contributed by atoms with Crippen LogP contribution in [0, 0.1) is 0 Å². The van der Waals surface area contributed by atoms with Gasteiger partial charge < -0.3 is 15.4 Å². The zero-order chi connectivity index (χ0) is 23.1. The van der Waals surface area contributed by atoms with E-state index in [1.165, 1.54) is 17.3 Å². The van der Waals surface area contributed by atoms with E-state index in [9.17, 15) is 22.8 Å². The third kappa shape index (κ3) is 6.62. The predicted molar refractivity (Wildman–Crippen MR) is 121 cm³/mol. The number of benzene rings is 1.